The predicted molar refractivity (Wildman–Crippen MR) is 134 cm³/mol. The molecule has 5 aliphatic carbocycles. The Kier molecular flexibility index (Phi) is 6.84. The summed E-state index contributed by atoms with van der Waals surface area (Å²) in [5, 5.41) is 25.7. The molecule has 0 spiro atoms. The van der Waals surface area contributed by atoms with E-state index in [1.807, 2.05) is 0 Å². The summed E-state index contributed by atoms with van der Waals surface area (Å²) in [6.45, 7) is 16.6. The maximum atomic E-state index is 13.0. The van der Waals surface area contributed by atoms with E-state index >= 15 is 0 Å². The van der Waals surface area contributed by atoms with Gasteiger partial charge in [-0.25, -0.2) is 0 Å². The van der Waals surface area contributed by atoms with Gasteiger partial charge in [-0.05, 0) is 103 Å². The average Bonchev–Trinajstić information content (AvgIpc) is 2.74. The Morgan fingerprint density at radius 3 is 2.24 bits per heavy atom. The Bertz CT molecular complexity index is 880. The molecule has 5 aliphatic rings. The zero-order valence-corrected chi connectivity index (χ0v) is 25.0. The minimum Gasteiger partial charge on any atom is -0.852 e. The van der Waals surface area contributed by atoms with Crippen LogP contribution in [0.2, 0.25) is 0 Å². The molecular weight excluding hydrogens is 448 g/mol. The van der Waals surface area contributed by atoms with Crippen molar-refractivity contribution in [2.24, 2.45) is 56.7 Å². The fourth-order valence-corrected chi connectivity index (χ4v) is 10.8. The standard InChI is InChI=1S/C30H47O3.Ca/c1-18-10-15-30(25(32)33)17-16-28(6)20(24(30)19(18)2)8-9-22-27(5)13-12-23(31)26(3,4)21(27)11-14-29(22,28)7;/h8,18-19,21-24H,9-17H2,1-7H3,(H,32,33);/q-1;+2/p-1/t18-,19+,21+,22-,23+,24+,27+,28-,29-,30+;/m1./s1. The van der Waals surface area contributed by atoms with Gasteiger partial charge in [0.15, 0.2) is 0 Å². The van der Waals surface area contributed by atoms with Gasteiger partial charge in [0, 0.05) is 11.4 Å². The minimum atomic E-state index is -0.798. The molecule has 34 heavy (non-hydrogen) atoms. The first-order valence-corrected chi connectivity index (χ1v) is 13.8. The second-order valence-electron chi connectivity index (χ2n) is 14.4. The topological polar surface area (TPSA) is 63.2 Å². The molecule has 4 fully saturated rings. The van der Waals surface area contributed by atoms with E-state index in [9.17, 15) is 15.0 Å². The van der Waals surface area contributed by atoms with Gasteiger partial charge in [0.1, 0.15) is 0 Å². The molecule has 186 valence electrons. The van der Waals surface area contributed by atoms with Crippen molar-refractivity contribution < 1.29 is 15.0 Å². The third-order valence-electron chi connectivity index (χ3n) is 13.3. The molecular formula is C30H46CaO3. The van der Waals surface area contributed by atoms with E-state index in [-0.39, 0.29) is 65.3 Å². The summed E-state index contributed by atoms with van der Waals surface area (Å²) in [5.41, 5.74) is 1.03. The van der Waals surface area contributed by atoms with Gasteiger partial charge >= 0.3 is 37.7 Å². The van der Waals surface area contributed by atoms with Crippen molar-refractivity contribution in [2.75, 3.05) is 0 Å². The summed E-state index contributed by atoms with van der Waals surface area (Å²) >= 11 is 0. The Balaban J connectivity index is 0.00000274. The summed E-state index contributed by atoms with van der Waals surface area (Å²) in [6.07, 6.45) is 10.8. The summed E-state index contributed by atoms with van der Waals surface area (Å²) in [6, 6.07) is 0. The maximum absolute atomic E-state index is 13.0. The number of aliphatic carboxylic acids is 1. The van der Waals surface area contributed by atoms with E-state index in [0.717, 1.165) is 57.8 Å². The summed E-state index contributed by atoms with van der Waals surface area (Å²) in [4.78, 5) is 12.7. The van der Waals surface area contributed by atoms with Crippen molar-refractivity contribution in [3.8, 4) is 0 Å². The van der Waals surface area contributed by atoms with Crippen LogP contribution in [0.5, 0.6) is 0 Å². The molecule has 3 nitrogen and oxygen atoms in total. The summed E-state index contributed by atoms with van der Waals surface area (Å²) in [5.74, 6) is 1.30. The minimum absolute atomic E-state index is 0. The first-order valence-electron chi connectivity index (χ1n) is 13.8. The third-order valence-corrected chi connectivity index (χ3v) is 13.3. The monoisotopic (exact) mass is 494 g/mol. The van der Waals surface area contributed by atoms with Crippen molar-refractivity contribution in [2.45, 2.75) is 112 Å². The number of hydrogen-bond acceptors (Lipinski definition) is 3. The Morgan fingerprint density at radius 1 is 0.912 bits per heavy atom. The maximum Gasteiger partial charge on any atom is 2.00 e. The molecule has 0 aromatic heterocycles. The van der Waals surface area contributed by atoms with Gasteiger partial charge in [0.25, 0.3) is 0 Å². The SMILES string of the molecule is C[C@H]1[C@H](C)CC[C@]2(C(=O)[O-])CC[C@]3(C)C(=CC[C@@H]4[C@@]5(C)CC[C@H]([O-])C(C)(C)[C@@H]5CC[C@]43C)[C@H]12.[Ca+2]. The van der Waals surface area contributed by atoms with Gasteiger partial charge in [-0.3, -0.25) is 0 Å². The molecule has 0 unspecified atom stereocenters. The molecule has 0 radical (unpaired) electrons. The van der Waals surface area contributed by atoms with Crippen LogP contribution in [0.15, 0.2) is 11.6 Å². The van der Waals surface area contributed by atoms with Gasteiger partial charge < -0.3 is 15.0 Å². The number of carbonyl (C=O) groups is 1. The van der Waals surface area contributed by atoms with Crippen molar-refractivity contribution in [1.82, 2.24) is 0 Å². The zero-order chi connectivity index (χ0) is 24.2. The molecule has 4 heteroatoms. The molecule has 0 saturated heterocycles. The number of carboxylic acids is 1. The van der Waals surface area contributed by atoms with Crippen molar-refractivity contribution >= 4 is 43.7 Å². The van der Waals surface area contributed by atoms with E-state index in [2.05, 4.69) is 54.5 Å². The number of hydrogen-bond donors (Lipinski definition) is 0. The first kappa shape index (κ1) is 27.5. The zero-order valence-electron chi connectivity index (χ0n) is 22.8. The van der Waals surface area contributed by atoms with Gasteiger partial charge in [0.05, 0.1) is 0 Å². The quantitative estimate of drug-likeness (QED) is 0.391. The van der Waals surface area contributed by atoms with Crippen molar-refractivity contribution in [3.63, 3.8) is 0 Å². The largest absolute Gasteiger partial charge is 2.00 e. The molecule has 10 atom stereocenters. The van der Waals surface area contributed by atoms with Crippen molar-refractivity contribution in [3.05, 3.63) is 11.6 Å². The van der Waals surface area contributed by atoms with Gasteiger partial charge in [0.2, 0.25) is 0 Å². The van der Waals surface area contributed by atoms with E-state index in [4.69, 9.17) is 0 Å². The van der Waals surface area contributed by atoms with Gasteiger partial charge in [-0.1, -0.05) is 66.5 Å². The van der Waals surface area contributed by atoms with E-state index < -0.39 is 17.5 Å². The summed E-state index contributed by atoms with van der Waals surface area (Å²) in [7, 11) is 0. The molecule has 5 rings (SSSR count). The fraction of sp³-hybridized carbons (Fsp3) is 0.900. The molecule has 0 N–H and O–H groups in total. The predicted octanol–water partition coefficient (Wildman–Crippen LogP) is 4.74. The Morgan fingerprint density at radius 2 is 1.59 bits per heavy atom. The number of carbonyl (C=O) groups excluding carboxylic acids is 1. The van der Waals surface area contributed by atoms with Gasteiger partial charge in [-0.15, -0.1) is 6.10 Å². The van der Waals surface area contributed by atoms with Crippen LogP contribution in [0.4, 0.5) is 0 Å². The second-order valence-corrected chi connectivity index (χ2v) is 14.4. The van der Waals surface area contributed by atoms with E-state index in [1.54, 1.807) is 0 Å². The first-order chi connectivity index (χ1) is 15.3. The molecule has 0 aliphatic heterocycles. The van der Waals surface area contributed by atoms with Crippen LogP contribution in [0.25, 0.3) is 0 Å². The van der Waals surface area contributed by atoms with Crippen LogP contribution in [-0.2, 0) is 4.79 Å². The molecule has 0 heterocycles. The van der Waals surface area contributed by atoms with Crippen LogP contribution >= 0.6 is 0 Å². The third kappa shape index (κ3) is 3.24. The second kappa shape index (κ2) is 8.47. The van der Waals surface area contributed by atoms with Crippen molar-refractivity contribution in [1.29, 1.82) is 0 Å². The number of fused-ring (bicyclic) bond motifs is 7. The smallest absolute Gasteiger partial charge is 0.852 e. The van der Waals surface area contributed by atoms with Crippen LogP contribution in [0.3, 0.4) is 0 Å². The van der Waals surface area contributed by atoms with Crippen LogP contribution in [-0.4, -0.2) is 49.8 Å². The molecule has 0 amide bonds. The number of allylic oxidation sites excluding steroid dienone is 2. The summed E-state index contributed by atoms with van der Waals surface area (Å²) < 4.78 is 0. The molecule has 0 bridgehead atoms. The van der Waals surface area contributed by atoms with Crippen LogP contribution in [0.1, 0.15) is 106 Å². The molecule has 0 aromatic carbocycles. The van der Waals surface area contributed by atoms with E-state index in [0.29, 0.717) is 23.7 Å². The van der Waals surface area contributed by atoms with E-state index in [1.165, 1.54) is 5.57 Å². The van der Waals surface area contributed by atoms with Crippen LogP contribution < -0.4 is 10.2 Å². The average molecular weight is 495 g/mol. The Hall–Kier alpha value is 0.430. The number of rotatable bonds is 1. The van der Waals surface area contributed by atoms with Gasteiger partial charge in [-0.2, -0.15) is 0 Å². The normalized spacial score (nSPS) is 53.7. The molecule has 4 saturated carbocycles. The van der Waals surface area contributed by atoms with Crippen LogP contribution in [0, 0.1) is 56.7 Å². The number of carboxylic acid groups (broad SMARTS) is 1. The Labute approximate surface area is 237 Å². The molecule has 0 aromatic rings. The fourth-order valence-electron chi connectivity index (χ4n) is 10.8.